The normalized spacial score (nSPS) is 13.6. The molecule has 0 spiro atoms. The lowest BCUT2D eigenvalue weighted by Crippen LogP contribution is -2.00. The minimum Gasteiger partial charge on any atom is -0.359 e. The second-order valence-corrected chi connectivity index (χ2v) is 8.13. The van der Waals surface area contributed by atoms with Crippen LogP contribution in [0.15, 0.2) is 109 Å². The summed E-state index contributed by atoms with van der Waals surface area (Å²) in [6.45, 7) is 8.56. The number of hydrogen-bond donors (Lipinski definition) is 1. The minimum absolute atomic E-state index is 0.997. The van der Waals surface area contributed by atoms with Crippen LogP contribution in [0.2, 0.25) is 0 Å². The Morgan fingerprint density at radius 2 is 1.71 bits per heavy atom. The Balaban J connectivity index is 1.55. The maximum atomic E-state index is 4.33. The monoisotopic (exact) mass is 403 g/mol. The van der Waals surface area contributed by atoms with Crippen LogP contribution < -0.4 is 5.32 Å². The predicted molar refractivity (Wildman–Crippen MR) is 136 cm³/mol. The number of benzene rings is 3. The van der Waals surface area contributed by atoms with Crippen LogP contribution >= 0.6 is 0 Å². The van der Waals surface area contributed by atoms with Gasteiger partial charge in [-0.2, -0.15) is 0 Å². The van der Waals surface area contributed by atoms with Gasteiger partial charge in [-0.05, 0) is 72.7 Å². The summed E-state index contributed by atoms with van der Waals surface area (Å²) in [6, 6.07) is 25.7. The van der Waals surface area contributed by atoms with E-state index in [4.69, 9.17) is 0 Å². The lowest BCUT2D eigenvalue weighted by molar-refractivity contribution is 1.05. The predicted octanol–water partition coefficient (Wildman–Crippen LogP) is 8.42. The molecule has 1 aliphatic rings. The number of anilines is 1. The topological polar surface area (TPSA) is 12.0 Å². The number of para-hydroxylation sites is 1. The Hall–Kier alpha value is -3.58. The van der Waals surface area contributed by atoms with E-state index in [2.05, 4.69) is 123 Å². The van der Waals surface area contributed by atoms with Crippen LogP contribution in [0.3, 0.4) is 0 Å². The Labute approximate surface area is 186 Å². The molecule has 4 rings (SSSR count). The molecule has 1 N–H and O–H groups in total. The first-order valence-corrected chi connectivity index (χ1v) is 10.9. The standard InChI is InChI=1S/C30H29N/c1-22-11-9-15-27(19-22)28-16-10-14-26(21-28)23(2)20-24(3)31-30-18-8-7-17-29(30)25-12-5-4-6-13-25/h4-5,7-12,14-21,31H,2,6,13H2,1,3H3/b24-20+. The Morgan fingerprint density at radius 3 is 2.48 bits per heavy atom. The van der Waals surface area contributed by atoms with E-state index >= 15 is 0 Å². The highest BCUT2D eigenvalue weighted by Crippen LogP contribution is 2.31. The molecular formula is C30H29N. The molecule has 0 fully saturated rings. The first kappa shape index (κ1) is 20.7. The van der Waals surface area contributed by atoms with E-state index in [0.717, 1.165) is 35.4 Å². The Bertz CT molecular complexity index is 1190. The summed E-state index contributed by atoms with van der Waals surface area (Å²) in [6.07, 6.45) is 10.9. The van der Waals surface area contributed by atoms with Gasteiger partial charge in [-0.1, -0.05) is 91.0 Å². The van der Waals surface area contributed by atoms with Gasteiger partial charge in [0, 0.05) is 16.9 Å². The van der Waals surface area contributed by atoms with Gasteiger partial charge >= 0.3 is 0 Å². The van der Waals surface area contributed by atoms with Crippen molar-refractivity contribution < 1.29 is 0 Å². The second-order valence-electron chi connectivity index (χ2n) is 8.13. The molecule has 0 bridgehead atoms. The number of allylic oxidation sites excluding steroid dienone is 7. The molecule has 1 aliphatic carbocycles. The average molecular weight is 404 g/mol. The van der Waals surface area contributed by atoms with Gasteiger partial charge in [0.15, 0.2) is 0 Å². The molecule has 0 aromatic heterocycles. The van der Waals surface area contributed by atoms with E-state index in [1.54, 1.807) is 0 Å². The van der Waals surface area contributed by atoms with Crippen LogP contribution in [0, 0.1) is 6.92 Å². The van der Waals surface area contributed by atoms with Crippen molar-refractivity contribution in [3.63, 3.8) is 0 Å². The zero-order chi connectivity index (χ0) is 21.6. The van der Waals surface area contributed by atoms with Crippen molar-refractivity contribution in [2.24, 2.45) is 0 Å². The number of aryl methyl sites for hydroxylation is 1. The number of rotatable bonds is 6. The fraction of sp³-hybridized carbons (Fsp3) is 0.133. The first-order valence-electron chi connectivity index (χ1n) is 10.9. The van der Waals surface area contributed by atoms with Gasteiger partial charge in [-0.15, -0.1) is 0 Å². The van der Waals surface area contributed by atoms with Gasteiger partial charge < -0.3 is 5.32 Å². The molecule has 31 heavy (non-hydrogen) atoms. The third-order valence-electron chi connectivity index (χ3n) is 5.59. The van der Waals surface area contributed by atoms with Crippen molar-refractivity contribution in [1.29, 1.82) is 0 Å². The third-order valence-corrected chi connectivity index (χ3v) is 5.59. The lowest BCUT2D eigenvalue weighted by atomic mass is 9.96. The summed E-state index contributed by atoms with van der Waals surface area (Å²) >= 11 is 0. The van der Waals surface area contributed by atoms with Crippen molar-refractivity contribution in [2.75, 3.05) is 5.32 Å². The maximum Gasteiger partial charge on any atom is 0.0458 e. The van der Waals surface area contributed by atoms with Crippen molar-refractivity contribution >= 4 is 16.8 Å². The van der Waals surface area contributed by atoms with Crippen molar-refractivity contribution in [1.82, 2.24) is 0 Å². The first-order chi connectivity index (χ1) is 15.1. The Morgan fingerprint density at radius 1 is 0.935 bits per heavy atom. The molecule has 0 amide bonds. The van der Waals surface area contributed by atoms with Gasteiger partial charge in [-0.25, -0.2) is 0 Å². The van der Waals surface area contributed by atoms with E-state index in [0.29, 0.717) is 0 Å². The fourth-order valence-corrected chi connectivity index (χ4v) is 4.02. The molecule has 1 heteroatoms. The Kier molecular flexibility index (Phi) is 6.33. The van der Waals surface area contributed by atoms with Gasteiger partial charge in [-0.3, -0.25) is 0 Å². The van der Waals surface area contributed by atoms with Crippen LogP contribution in [0.25, 0.3) is 22.3 Å². The number of nitrogens with one attached hydrogen (secondary N) is 1. The lowest BCUT2D eigenvalue weighted by Gasteiger charge is -2.16. The molecule has 0 heterocycles. The van der Waals surface area contributed by atoms with E-state index in [-0.39, 0.29) is 0 Å². The van der Waals surface area contributed by atoms with E-state index in [1.807, 2.05) is 0 Å². The van der Waals surface area contributed by atoms with Crippen molar-refractivity contribution in [2.45, 2.75) is 26.7 Å². The summed E-state index contributed by atoms with van der Waals surface area (Å²) in [5, 5.41) is 3.60. The highest BCUT2D eigenvalue weighted by atomic mass is 14.9. The van der Waals surface area contributed by atoms with E-state index in [1.165, 1.54) is 27.8 Å². The summed E-state index contributed by atoms with van der Waals surface area (Å²) in [5.41, 5.74) is 10.7. The van der Waals surface area contributed by atoms with Crippen molar-refractivity contribution in [3.8, 4) is 11.1 Å². The molecule has 1 nitrogen and oxygen atoms in total. The quantitative estimate of drug-likeness (QED) is 0.407. The van der Waals surface area contributed by atoms with Gasteiger partial charge in [0.2, 0.25) is 0 Å². The minimum atomic E-state index is 0.997. The maximum absolute atomic E-state index is 4.33. The fourth-order valence-electron chi connectivity index (χ4n) is 4.02. The molecule has 3 aromatic carbocycles. The molecule has 0 radical (unpaired) electrons. The largest absolute Gasteiger partial charge is 0.359 e. The summed E-state index contributed by atoms with van der Waals surface area (Å²) in [7, 11) is 0. The summed E-state index contributed by atoms with van der Waals surface area (Å²) in [4.78, 5) is 0. The molecule has 3 aromatic rings. The van der Waals surface area contributed by atoms with E-state index in [9.17, 15) is 0 Å². The molecule has 154 valence electrons. The van der Waals surface area contributed by atoms with Crippen LogP contribution in [0.4, 0.5) is 5.69 Å². The van der Waals surface area contributed by atoms with Crippen molar-refractivity contribution in [3.05, 3.63) is 126 Å². The average Bonchev–Trinajstić information content (AvgIpc) is 2.80. The van der Waals surface area contributed by atoms with Gasteiger partial charge in [0.05, 0.1) is 0 Å². The number of hydrogen-bond acceptors (Lipinski definition) is 1. The highest BCUT2D eigenvalue weighted by Gasteiger charge is 2.09. The van der Waals surface area contributed by atoms with Crippen LogP contribution in [0.1, 0.15) is 36.5 Å². The zero-order valence-corrected chi connectivity index (χ0v) is 18.4. The van der Waals surface area contributed by atoms with Crippen LogP contribution in [-0.2, 0) is 0 Å². The molecule has 0 unspecified atom stereocenters. The zero-order valence-electron chi connectivity index (χ0n) is 18.4. The molecule has 0 aliphatic heterocycles. The summed E-state index contributed by atoms with van der Waals surface area (Å²) < 4.78 is 0. The molecule has 0 saturated heterocycles. The molecule has 0 atom stereocenters. The highest BCUT2D eigenvalue weighted by molar-refractivity contribution is 5.80. The van der Waals surface area contributed by atoms with E-state index < -0.39 is 0 Å². The summed E-state index contributed by atoms with van der Waals surface area (Å²) in [5.74, 6) is 0. The smallest absolute Gasteiger partial charge is 0.0458 e. The second kappa shape index (κ2) is 9.49. The third kappa shape index (κ3) is 5.13. The molecule has 0 saturated carbocycles. The van der Waals surface area contributed by atoms with Gasteiger partial charge in [0.25, 0.3) is 0 Å². The van der Waals surface area contributed by atoms with Gasteiger partial charge in [0.1, 0.15) is 0 Å². The van der Waals surface area contributed by atoms with Crippen LogP contribution in [-0.4, -0.2) is 0 Å². The van der Waals surface area contributed by atoms with Crippen LogP contribution in [0.5, 0.6) is 0 Å². The SMILES string of the molecule is C=C(/C=C(\C)Nc1ccccc1C1=CC=CCC1)c1cccc(-c2cccc(C)c2)c1. The molecular weight excluding hydrogens is 374 g/mol.